The lowest BCUT2D eigenvalue weighted by Crippen LogP contribution is -1.99. The standard InChI is InChI=1S/C10H12/c1-2-10-4-6(1)7-3-8(7)9(10)5-10/h4,7-9H,1-3,5H2/t7?,8?,9-,10?/m0/s1. The Morgan fingerprint density at radius 3 is 3.50 bits per heavy atom. The van der Waals surface area contributed by atoms with Crippen molar-refractivity contribution in [3.8, 4) is 0 Å². The van der Waals surface area contributed by atoms with E-state index < -0.39 is 0 Å². The summed E-state index contributed by atoms with van der Waals surface area (Å²) in [5, 5.41) is 0. The molecule has 4 aliphatic carbocycles. The van der Waals surface area contributed by atoms with Gasteiger partial charge in [-0.1, -0.05) is 11.6 Å². The van der Waals surface area contributed by atoms with Crippen LogP contribution in [0.25, 0.3) is 0 Å². The van der Waals surface area contributed by atoms with Crippen molar-refractivity contribution in [1.29, 1.82) is 0 Å². The number of allylic oxidation sites excluding steroid dienone is 2. The average molecular weight is 132 g/mol. The lowest BCUT2D eigenvalue weighted by molar-refractivity contribution is 0.512. The molecule has 0 heterocycles. The van der Waals surface area contributed by atoms with Crippen LogP contribution in [0.3, 0.4) is 0 Å². The second-order valence-corrected chi connectivity index (χ2v) is 4.77. The maximum Gasteiger partial charge on any atom is -0.00779 e. The van der Waals surface area contributed by atoms with Crippen LogP contribution in [0.2, 0.25) is 0 Å². The summed E-state index contributed by atoms with van der Waals surface area (Å²) in [6.07, 6.45) is 8.79. The first-order valence-electron chi connectivity index (χ1n) is 4.61. The summed E-state index contributed by atoms with van der Waals surface area (Å²) in [5.74, 6) is 3.45. The Bertz CT molecular complexity index is 251. The number of hydrogen-bond acceptors (Lipinski definition) is 0. The molecule has 0 aromatic heterocycles. The summed E-state index contributed by atoms with van der Waals surface area (Å²) in [5.41, 5.74) is 2.67. The Hall–Kier alpha value is -0.260. The molecule has 0 aromatic carbocycles. The third-order valence-electron chi connectivity index (χ3n) is 4.36. The molecule has 0 N–H and O–H groups in total. The molecular weight excluding hydrogens is 120 g/mol. The Morgan fingerprint density at radius 2 is 2.50 bits per heavy atom. The second-order valence-electron chi connectivity index (χ2n) is 4.77. The molecule has 0 aliphatic heterocycles. The van der Waals surface area contributed by atoms with E-state index in [2.05, 4.69) is 6.08 Å². The van der Waals surface area contributed by atoms with Crippen LogP contribution >= 0.6 is 0 Å². The van der Waals surface area contributed by atoms with Crippen molar-refractivity contribution in [2.75, 3.05) is 0 Å². The van der Waals surface area contributed by atoms with Crippen LogP contribution in [-0.4, -0.2) is 0 Å². The Kier molecular flexibility index (Phi) is 0.464. The topological polar surface area (TPSA) is 0 Å². The molecule has 2 fully saturated rings. The van der Waals surface area contributed by atoms with Gasteiger partial charge in [-0.3, -0.25) is 0 Å². The number of hydrogen-bond donors (Lipinski definition) is 0. The van der Waals surface area contributed by atoms with Gasteiger partial charge in [-0.05, 0) is 48.9 Å². The summed E-state index contributed by atoms with van der Waals surface area (Å²) in [7, 11) is 0. The zero-order chi connectivity index (χ0) is 6.34. The van der Waals surface area contributed by atoms with Gasteiger partial charge in [0.25, 0.3) is 0 Å². The normalized spacial score (nSPS) is 66.4. The third kappa shape index (κ3) is 0.309. The van der Waals surface area contributed by atoms with E-state index in [4.69, 9.17) is 0 Å². The van der Waals surface area contributed by atoms with Crippen molar-refractivity contribution in [2.45, 2.75) is 25.7 Å². The molecule has 4 aliphatic rings. The average Bonchev–Trinajstić information content (AvgIpc) is 2.65. The van der Waals surface area contributed by atoms with Gasteiger partial charge in [0.2, 0.25) is 0 Å². The summed E-state index contributed by atoms with van der Waals surface area (Å²) in [6, 6.07) is 0. The maximum atomic E-state index is 2.66. The van der Waals surface area contributed by atoms with Crippen LogP contribution in [0.5, 0.6) is 0 Å². The molecule has 4 rings (SSSR count). The molecular formula is C10H12. The smallest absolute Gasteiger partial charge is 0.00779 e. The zero-order valence-corrected chi connectivity index (χ0v) is 6.14. The molecule has 0 nitrogen and oxygen atoms in total. The molecule has 0 aromatic rings. The van der Waals surface area contributed by atoms with Gasteiger partial charge >= 0.3 is 0 Å². The van der Waals surface area contributed by atoms with E-state index in [0.29, 0.717) is 0 Å². The van der Waals surface area contributed by atoms with Crippen molar-refractivity contribution in [3.63, 3.8) is 0 Å². The van der Waals surface area contributed by atoms with Gasteiger partial charge in [-0.2, -0.15) is 0 Å². The van der Waals surface area contributed by atoms with Crippen LogP contribution in [0.15, 0.2) is 11.6 Å². The lowest BCUT2D eigenvalue weighted by atomic mass is 9.98. The van der Waals surface area contributed by atoms with Crippen LogP contribution in [0.1, 0.15) is 25.7 Å². The molecule has 0 saturated heterocycles. The van der Waals surface area contributed by atoms with Crippen LogP contribution < -0.4 is 0 Å². The Labute approximate surface area is 61.3 Å². The fourth-order valence-corrected chi connectivity index (χ4v) is 3.65. The first-order valence-corrected chi connectivity index (χ1v) is 4.61. The van der Waals surface area contributed by atoms with Gasteiger partial charge < -0.3 is 0 Å². The van der Waals surface area contributed by atoms with Gasteiger partial charge in [-0.25, -0.2) is 0 Å². The highest BCUT2D eigenvalue weighted by atomic mass is 14.7. The fraction of sp³-hybridized carbons (Fsp3) is 0.800. The third-order valence-corrected chi connectivity index (χ3v) is 4.36. The molecule has 0 heteroatoms. The van der Waals surface area contributed by atoms with Gasteiger partial charge in [0, 0.05) is 0 Å². The molecule has 52 valence electrons. The van der Waals surface area contributed by atoms with E-state index in [1.807, 2.05) is 5.57 Å². The highest BCUT2D eigenvalue weighted by Gasteiger charge is 2.67. The highest BCUT2D eigenvalue weighted by Crippen LogP contribution is 2.76. The zero-order valence-electron chi connectivity index (χ0n) is 6.14. The van der Waals surface area contributed by atoms with Gasteiger partial charge in [-0.15, -0.1) is 0 Å². The predicted octanol–water partition coefficient (Wildman–Crippen LogP) is 2.36. The van der Waals surface area contributed by atoms with E-state index in [-0.39, 0.29) is 0 Å². The Morgan fingerprint density at radius 1 is 1.50 bits per heavy atom. The molecule has 0 radical (unpaired) electrons. The molecule has 10 heavy (non-hydrogen) atoms. The van der Waals surface area contributed by atoms with Gasteiger partial charge in [0.05, 0.1) is 0 Å². The molecule has 0 amide bonds. The maximum absolute atomic E-state index is 2.66. The van der Waals surface area contributed by atoms with E-state index in [9.17, 15) is 0 Å². The molecule has 3 unspecified atom stereocenters. The second kappa shape index (κ2) is 1.01. The molecule has 2 saturated carbocycles. The minimum Gasteiger partial charge on any atom is -0.0785 e. The van der Waals surface area contributed by atoms with Crippen LogP contribution in [0.4, 0.5) is 0 Å². The Balaban J connectivity index is 1.97. The number of rotatable bonds is 0. The van der Waals surface area contributed by atoms with Crippen molar-refractivity contribution in [3.05, 3.63) is 11.6 Å². The molecule has 4 atom stereocenters. The van der Waals surface area contributed by atoms with Crippen molar-refractivity contribution in [1.82, 2.24) is 0 Å². The summed E-state index contributed by atoms with van der Waals surface area (Å²) in [6.45, 7) is 0. The largest absolute Gasteiger partial charge is 0.0785 e. The number of fused-ring (bicyclic) bond motifs is 3. The summed E-state index contributed by atoms with van der Waals surface area (Å²) < 4.78 is 0. The van der Waals surface area contributed by atoms with E-state index in [1.165, 1.54) is 24.7 Å². The monoisotopic (exact) mass is 132 g/mol. The summed E-state index contributed by atoms with van der Waals surface area (Å²) in [4.78, 5) is 0. The first kappa shape index (κ1) is 4.58. The van der Waals surface area contributed by atoms with Crippen molar-refractivity contribution >= 4 is 0 Å². The van der Waals surface area contributed by atoms with Crippen molar-refractivity contribution < 1.29 is 0 Å². The van der Waals surface area contributed by atoms with E-state index in [1.54, 1.807) is 12.8 Å². The SMILES string of the molecule is C1=C2CCC13C[C@H]3C1CC21. The van der Waals surface area contributed by atoms with Crippen LogP contribution in [-0.2, 0) is 0 Å². The minimum absolute atomic E-state index is 0.812. The fourth-order valence-electron chi connectivity index (χ4n) is 3.65. The summed E-state index contributed by atoms with van der Waals surface area (Å²) >= 11 is 0. The molecule has 2 bridgehead atoms. The van der Waals surface area contributed by atoms with Gasteiger partial charge in [0.15, 0.2) is 0 Å². The first-order chi connectivity index (χ1) is 4.89. The van der Waals surface area contributed by atoms with Crippen LogP contribution in [0, 0.1) is 23.2 Å². The highest BCUT2D eigenvalue weighted by molar-refractivity contribution is 5.38. The van der Waals surface area contributed by atoms with E-state index in [0.717, 1.165) is 11.3 Å². The quantitative estimate of drug-likeness (QED) is 0.444. The van der Waals surface area contributed by atoms with E-state index >= 15 is 0 Å². The lowest BCUT2D eigenvalue weighted by Gasteiger charge is -2.07. The van der Waals surface area contributed by atoms with Gasteiger partial charge in [0.1, 0.15) is 0 Å². The minimum atomic E-state index is 0.812. The van der Waals surface area contributed by atoms with Crippen molar-refractivity contribution in [2.24, 2.45) is 23.2 Å². The molecule has 1 spiro atoms. The predicted molar refractivity (Wildman–Crippen MR) is 39.5 cm³/mol.